The molecule has 0 aliphatic rings. The van der Waals surface area contributed by atoms with E-state index in [1.165, 1.54) is 0 Å². The lowest BCUT2D eigenvalue weighted by Gasteiger charge is -2.20. The molecule has 3 aromatic rings. The molecule has 106 valence electrons. The number of carboxylic acid groups (broad SMARTS) is 1. The maximum atomic E-state index is 11.1. The Morgan fingerprint density at radius 3 is 1.90 bits per heavy atom. The zero-order chi connectivity index (χ0) is 15.0. The van der Waals surface area contributed by atoms with Crippen molar-refractivity contribution in [3.63, 3.8) is 0 Å². The van der Waals surface area contributed by atoms with Gasteiger partial charge in [-0.2, -0.15) is 0 Å². The van der Waals surface area contributed by atoms with E-state index in [2.05, 4.69) is 6.07 Å². The Kier molecular flexibility index (Phi) is 3.65. The van der Waals surface area contributed by atoms with Gasteiger partial charge in [-0.15, -0.1) is 22.2 Å². The highest BCUT2D eigenvalue weighted by Crippen LogP contribution is 2.30. The quantitative estimate of drug-likeness (QED) is 0.442. The standard InChI is InChI=1S/C16H12Cl2O2Si/c17-21(18,10-15(19)20)16-13-7-3-1-5-11(13)9-12-6-2-4-8-14(12)16/h1-9H,10H2,(H,19,20). The van der Waals surface area contributed by atoms with Crippen LogP contribution in [0.3, 0.4) is 0 Å². The maximum Gasteiger partial charge on any atom is 0.303 e. The van der Waals surface area contributed by atoms with Gasteiger partial charge in [-0.05, 0) is 32.8 Å². The van der Waals surface area contributed by atoms with Crippen molar-refractivity contribution < 1.29 is 9.90 Å². The first kappa shape index (κ1) is 14.4. The van der Waals surface area contributed by atoms with Crippen molar-refractivity contribution in [3.05, 3.63) is 54.6 Å². The highest BCUT2D eigenvalue weighted by atomic mass is 35.7. The van der Waals surface area contributed by atoms with Crippen LogP contribution >= 0.6 is 22.2 Å². The Morgan fingerprint density at radius 2 is 1.43 bits per heavy atom. The van der Waals surface area contributed by atoms with E-state index in [1.807, 2.05) is 48.5 Å². The summed E-state index contributed by atoms with van der Waals surface area (Å²) < 4.78 is 0. The zero-order valence-electron chi connectivity index (χ0n) is 11.0. The second kappa shape index (κ2) is 5.33. The fourth-order valence-electron chi connectivity index (χ4n) is 2.69. The molecule has 0 heterocycles. The van der Waals surface area contributed by atoms with E-state index in [1.54, 1.807) is 0 Å². The van der Waals surface area contributed by atoms with Crippen molar-refractivity contribution >= 4 is 61.6 Å². The van der Waals surface area contributed by atoms with Crippen molar-refractivity contribution in [3.8, 4) is 0 Å². The summed E-state index contributed by atoms with van der Waals surface area (Å²) in [5.74, 6) is -0.969. The minimum atomic E-state index is -3.13. The highest BCUT2D eigenvalue weighted by Gasteiger charge is 2.37. The summed E-state index contributed by atoms with van der Waals surface area (Å²) in [6, 6.07) is 17.5. The van der Waals surface area contributed by atoms with Crippen molar-refractivity contribution in [2.45, 2.75) is 6.04 Å². The number of aliphatic carboxylic acids is 1. The van der Waals surface area contributed by atoms with Gasteiger partial charge in [0.05, 0.1) is 6.04 Å². The molecule has 1 N–H and O–H groups in total. The van der Waals surface area contributed by atoms with Gasteiger partial charge in [0.1, 0.15) is 0 Å². The molecule has 0 aromatic heterocycles. The van der Waals surface area contributed by atoms with Gasteiger partial charge in [0.25, 0.3) is 6.69 Å². The monoisotopic (exact) mass is 334 g/mol. The van der Waals surface area contributed by atoms with Crippen LogP contribution in [0.1, 0.15) is 0 Å². The molecule has 0 saturated carbocycles. The number of fused-ring (bicyclic) bond motifs is 2. The van der Waals surface area contributed by atoms with Crippen molar-refractivity contribution in [2.24, 2.45) is 0 Å². The molecule has 0 amide bonds. The molecular formula is C16H12Cl2O2Si. The van der Waals surface area contributed by atoms with Crippen LogP contribution in [-0.2, 0) is 4.79 Å². The first-order chi connectivity index (χ1) is 9.99. The van der Waals surface area contributed by atoms with E-state index in [0.717, 1.165) is 26.7 Å². The van der Waals surface area contributed by atoms with Crippen LogP contribution in [0, 0.1) is 0 Å². The predicted octanol–water partition coefficient (Wildman–Crippen LogP) is 4.20. The minimum Gasteiger partial charge on any atom is -0.481 e. The van der Waals surface area contributed by atoms with Crippen LogP contribution < -0.4 is 5.19 Å². The molecule has 5 heteroatoms. The summed E-state index contributed by atoms with van der Waals surface area (Å²) in [7, 11) is 0. The Morgan fingerprint density at radius 1 is 0.952 bits per heavy atom. The fraction of sp³-hybridized carbons (Fsp3) is 0.0625. The first-order valence-electron chi connectivity index (χ1n) is 6.49. The van der Waals surface area contributed by atoms with E-state index >= 15 is 0 Å². The van der Waals surface area contributed by atoms with Crippen LogP contribution in [0.25, 0.3) is 21.5 Å². The third-order valence-electron chi connectivity index (χ3n) is 3.51. The number of rotatable bonds is 3. The molecule has 0 aliphatic heterocycles. The Bertz CT molecular complexity index is 792. The number of hydrogen-bond donors (Lipinski definition) is 1. The average molecular weight is 335 g/mol. The maximum absolute atomic E-state index is 11.1. The normalized spacial score (nSPS) is 11.9. The summed E-state index contributed by atoms with van der Waals surface area (Å²) in [6.07, 6.45) is 0. The minimum absolute atomic E-state index is 0.214. The first-order valence-corrected chi connectivity index (χ1v) is 10.7. The summed E-state index contributed by atoms with van der Waals surface area (Å²) in [6.45, 7) is -3.13. The third kappa shape index (κ3) is 2.64. The topological polar surface area (TPSA) is 37.3 Å². The van der Waals surface area contributed by atoms with Crippen LogP contribution in [0.4, 0.5) is 0 Å². The van der Waals surface area contributed by atoms with E-state index in [4.69, 9.17) is 27.3 Å². The lowest BCUT2D eigenvalue weighted by atomic mass is 10.0. The van der Waals surface area contributed by atoms with Crippen molar-refractivity contribution in [1.29, 1.82) is 0 Å². The summed E-state index contributed by atoms with van der Waals surface area (Å²) in [5.41, 5.74) is 0. The third-order valence-corrected chi connectivity index (χ3v) is 7.46. The molecular weight excluding hydrogens is 323 g/mol. The molecule has 0 spiro atoms. The average Bonchev–Trinajstić information content (AvgIpc) is 2.43. The van der Waals surface area contributed by atoms with Crippen LogP contribution in [0.5, 0.6) is 0 Å². The van der Waals surface area contributed by atoms with E-state index in [0.29, 0.717) is 0 Å². The van der Waals surface area contributed by atoms with Gasteiger partial charge in [0, 0.05) is 0 Å². The molecule has 3 rings (SSSR count). The van der Waals surface area contributed by atoms with Gasteiger partial charge in [-0.25, -0.2) is 0 Å². The van der Waals surface area contributed by atoms with Crippen LogP contribution in [0.15, 0.2) is 54.6 Å². The van der Waals surface area contributed by atoms with E-state index < -0.39 is 12.7 Å². The van der Waals surface area contributed by atoms with E-state index in [-0.39, 0.29) is 6.04 Å². The molecule has 0 fully saturated rings. The number of hydrogen-bond acceptors (Lipinski definition) is 1. The predicted molar refractivity (Wildman–Crippen MR) is 91.0 cm³/mol. The highest BCUT2D eigenvalue weighted by molar-refractivity contribution is 7.52. The van der Waals surface area contributed by atoms with Gasteiger partial charge in [-0.1, -0.05) is 48.5 Å². The van der Waals surface area contributed by atoms with Crippen molar-refractivity contribution in [2.75, 3.05) is 0 Å². The molecule has 0 radical (unpaired) electrons. The number of benzene rings is 3. The lowest BCUT2D eigenvalue weighted by molar-refractivity contribution is -0.134. The van der Waals surface area contributed by atoms with E-state index in [9.17, 15) is 4.79 Å². The molecule has 3 aromatic carbocycles. The number of carbonyl (C=O) groups is 1. The van der Waals surface area contributed by atoms with Crippen LogP contribution in [0.2, 0.25) is 6.04 Å². The Balaban J connectivity index is 2.43. The van der Waals surface area contributed by atoms with Crippen molar-refractivity contribution in [1.82, 2.24) is 0 Å². The molecule has 0 bridgehead atoms. The molecule has 0 saturated heterocycles. The summed E-state index contributed by atoms with van der Waals surface area (Å²) in [5, 5.41) is 13.8. The van der Waals surface area contributed by atoms with Gasteiger partial charge in [-0.3, -0.25) is 4.79 Å². The molecule has 0 atom stereocenters. The lowest BCUT2D eigenvalue weighted by Crippen LogP contribution is -2.39. The summed E-state index contributed by atoms with van der Waals surface area (Å²) in [4.78, 5) is 11.1. The molecule has 2 nitrogen and oxygen atoms in total. The second-order valence-corrected chi connectivity index (χ2v) is 11.7. The van der Waals surface area contributed by atoms with Gasteiger partial charge in [0.2, 0.25) is 0 Å². The molecule has 0 aliphatic carbocycles. The Labute approximate surface area is 132 Å². The SMILES string of the molecule is O=C(O)C[Si](Cl)(Cl)c1c2ccccc2cc2ccccc12. The number of carboxylic acids is 1. The van der Waals surface area contributed by atoms with Gasteiger partial charge < -0.3 is 5.11 Å². The smallest absolute Gasteiger partial charge is 0.303 e. The van der Waals surface area contributed by atoms with Gasteiger partial charge >= 0.3 is 5.97 Å². The Hall–Kier alpha value is -1.55. The molecule has 0 unspecified atom stereocenters. The summed E-state index contributed by atoms with van der Waals surface area (Å²) >= 11 is 13.1. The largest absolute Gasteiger partial charge is 0.481 e. The fourth-order valence-corrected chi connectivity index (χ4v) is 6.39. The number of halogens is 2. The molecule has 21 heavy (non-hydrogen) atoms. The second-order valence-electron chi connectivity index (χ2n) is 4.97. The zero-order valence-corrected chi connectivity index (χ0v) is 13.5. The van der Waals surface area contributed by atoms with Gasteiger partial charge in [0.15, 0.2) is 0 Å². The van der Waals surface area contributed by atoms with Crippen LogP contribution in [-0.4, -0.2) is 17.8 Å².